The number of nitrogens with zero attached hydrogens (tertiary/aromatic N) is 1. The summed E-state index contributed by atoms with van der Waals surface area (Å²) in [7, 11) is 0. The lowest BCUT2D eigenvalue weighted by Gasteiger charge is -2.05. The zero-order valence-corrected chi connectivity index (χ0v) is 18.7. The third kappa shape index (κ3) is 6.56. The number of unbranched alkanes of at least 4 members (excludes halogenated alkanes) is 2. The molecule has 0 amide bonds. The van der Waals surface area contributed by atoms with Crippen molar-refractivity contribution < 1.29 is 8.78 Å². The molecule has 0 N–H and O–H groups in total. The summed E-state index contributed by atoms with van der Waals surface area (Å²) in [5.74, 6) is 4.32. The highest BCUT2D eigenvalue weighted by Gasteiger charge is 2.11. The van der Waals surface area contributed by atoms with Gasteiger partial charge in [-0.25, -0.2) is 8.78 Å². The number of hydrogen-bond donors (Lipinski definition) is 0. The predicted molar refractivity (Wildman–Crippen MR) is 132 cm³/mol. The van der Waals surface area contributed by atoms with E-state index in [4.69, 9.17) is 0 Å². The van der Waals surface area contributed by atoms with E-state index in [1.165, 1.54) is 18.6 Å². The normalized spacial score (nSPS) is 11.1. The van der Waals surface area contributed by atoms with Crippen molar-refractivity contribution in [2.75, 3.05) is 0 Å². The summed E-state index contributed by atoms with van der Waals surface area (Å²) in [4.78, 5) is 3.89. The molecule has 0 aliphatic rings. The van der Waals surface area contributed by atoms with Gasteiger partial charge in [0.05, 0.1) is 10.8 Å². The van der Waals surface area contributed by atoms with E-state index in [2.05, 4.69) is 41.1 Å². The summed E-state index contributed by atoms with van der Waals surface area (Å²) in [5, 5.41) is 2.32. The van der Waals surface area contributed by atoms with E-state index in [0.29, 0.717) is 11.3 Å². The lowest BCUT2D eigenvalue weighted by atomic mass is 10.0. The van der Waals surface area contributed by atoms with Crippen molar-refractivity contribution in [2.45, 2.75) is 32.6 Å². The van der Waals surface area contributed by atoms with Crippen molar-refractivity contribution in [1.82, 2.24) is 0 Å². The van der Waals surface area contributed by atoms with E-state index in [-0.39, 0.29) is 11.1 Å². The zero-order valence-electron chi connectivity index (χ0n) is 17.9. The molecule has 0 unspecified atom stereocenters. The summed E-state index contributed by atoms with van der Waals surface area (Å²) < 4.78 is 29.4. The quantitative estimate of drug-likeness (QED) is 0.118. The van der Waals surface area contributed by atoms with Crippen molar-refractivity contribution in [3.8, 4) is 11.8 Å². The van der Waals surface area contributed by atoms with E-state index in [1.807, 2.05) is 24.3 Å². The third-order valence-corrected chi connectivity index (χ3v) is 5.09. The Balaban J connectivity index is 1.70. The molecule has 0 spiro atoms. The highest BCUT2D eigenvalue weighted by molar-refractivity contribution is 7.78. The third-order valence-electron chi connectivity index (χ3n) is 5.00. The number of aliphatic imine (C=N–C) groups is 1. The molecule has 3 rings (SSSR count). The largest absolute Gasteiger partial charge is 0.203 e. The summed E-state index contributed by atoms with van der Waals surface area (Å²) in [6.45, 7) is 2.16. The molecule has 0 aliphatic carbocycles. The maximum Gasteiger partial charge on any atom is 0.166 e. The average Bonchev–Trinajstić information content (AvgIpc) is 2.84. The monoisotopic (exact) mass is 443 g/mol. The molecule has 0 saturated heterocycles. The van der Waals surface area contributed by atoms with Crippen LogP contribution in [0.3, 0.4) is 0 Å². The Morgan fingerprint density at radius 1 is 0.750 bits per heavy atom. The molecule has 0 radical (unpaired) electrons. The van der Waals surface area contributed by atoms with Crippen molar-refractivity contribution >= 4 is 34.7 Å². The lowest BCUT2D eigenvalue weighted by Crippen LogP contribution is -1.88. The maximum atomic E-state index is 14.7. The smallest absolute Gasteiger partial charge is 0.166 e. The Bertz CT molecular complexity index is 1180. The Morgan fingerprint density at radius 2 is 1.25 bits per heavy atom. The van der Waals surface area contributed by atoms with Gasteiger partial charge in [-0.05, 0) is 67.0 Å². The Kier molecular flexibility index (Phi) is 8.63. The second kappa shape index (κ2) is 11.9. The first-order valence-electron chi connectivity index (χ1n) is 10.6. The molecule has 0 atom stereocenters. The molecule has 3 aromatic rings. The van der Waals surface area contributed by atoms with Crippen molar-refractivity contribution in [3.05, 3.63) is 101 Å². The van der Waals surface area contributed by atoms with Crippen molar-refractivity contribution in [1.29, 1.82) is 0 Å². The second-order valence-electron chi connectivity index (χ2n) is 7.36. The van der Waals surface area contributed by atoms with Crippen LogP contribution in [-0.2, 0) is 6.42 Å². The van der Waals surface area contributed by atoms with Crippen LogP contribution < -0.4 is 0 Å². The highest BCUT2D eigenvalue weighted by atomic mass is 32.1. The number of aryl methyl sites for hydroxylation is 1. The van der Waals surface area contributed by atoms with Crippen LogP contribution in [0, 0.1) is 11.8 Å². The van der Waals surface area contributed by atoms with Gasteiger partial charge in [0.15, 0.2) is 11.7 Å². The summed E-state index contributed by atoms with van der Waals surface area (Å²) >= 11 is 4.58. The molecule has 0 aliphatic heterocycles. The van der Waals surface area contributed by atoms with Crippen molar-refractivity contribution in [2.24, 2.45) is 4.99 Å². The first-order valence-corrected chi connectivity index (χ1v) is 11.0. The average molecular weight is 444 g/mol. The molecular weight excluding hydrogens is 420 g/mol. The van der Waals surface area contributed by atoms with Crippen LogP contribution >= 0.6 is 12.2 Å². The van der Waals surface area contributed by atoms with Crippen LogP contribution in [0.5, 0.6) is 0 Å². The Morgan fingerprint density at radius 3 is 1.75 bits per heavy atom. The highest BCUT2D eigenvalue weighted by Crippen LogP contribution is 2.29. The van der Waals surface area contributed by atoms with Crippen LogP contribution in [0.4, 0.5) is 14.5 Å². The Labute approximate surface area is 193 Å². The molecule has 160 valence electrons. The zero-order chi connectivity index (χ0) is 22.8. The fourth-order valence-corrected chi connectivity index (χ4v) is 3.27. The molecule has 0 fully saturated rings. The molecule has 0 bridgehead atoms. The molecule has 3 aromatic carbocycles. The minimum Gasteiger partial charge on any atom is -0.203 e. The Hall–Kier alpha value is -3.38. The van der Waals surface area contributed by atoms with E-state index in [9.17, 15) is 8.78 Å². The molecule has 1 nitrogen and oxygen atoms in total. The van der Waals surface area contributed by atoms with Crippen LogP contribution in [0.25, 0.3) is 11.7 Å². The molecular formula is C28H23F2NS. The van der Waals surface area contributed by atoms with Gasteiger partial charge in [0.25, 0.3) is 0 Å². The van der Waals surface area contributed by atoms with Gasteiger partial charge in [-0.15, -0.1) is 0 Å². The van der Waals surface area contributed by atoms with Gasteiger partial charge in [0.1, 0.15) is 0 Å². The first-order chi connectivity index (χ1) is 15.6. The van der Waals surface area contributed by atoms with Gasteiger partial charge in [-0.3, -0.25) is 0 Å². The maximum absolute atomic E-state index is 14.7. The van der Waals surface area contributed by atoms with E-state index < -0.39 is 11.7 Å². The minimum absolute atomic E-state index is 0.183. The standard InChI is InChI=1S/C28H23F2NS/c1-2-3-4-5-21-8-14-24(15-9-21)27(29)28(30)25-16-10-22(11-17-25)6-7-23-12-18-26(19-13-23)31-20-32/h8-19H,2-5H2,1H3. The number of benzene rings is 3. The molecule has 0 aromatic heterocycles. The van der Waals surface area contributed by atoms with Gasteiger partial charge in [0, 0.05) is 22.3 Å². The minimum atomic E-state index is -0.877. The van der Waals surface area contributed by atoms with Crippen LogP contribution in [0.15, 0.2) is 77.8 Å². The number of halogens is 2. The number of rotatable bonds is 7. The van der Waals surface area contributed by atoms with E-state index in [0.717, 1.165) is 30.4 Å². The summed E-state index contributed by atoms with van der Waals surface area (Å²) in [5.41, 5.74) is 3.80. The van der Waals surface area contributed by atoms with Gasteiger partial charge in [0.2, 0.25) is 0 Å². The van der Waals surface area contributed by atoms with Crippen molar-refractivity contribution in [3.63, 3.8) is 0 Å². The number of hydrogen-bond acceptors (Lipinski definition) is 2. The lowest BCUT2D eigenvalue weighted by molar-refractivity contribution is 0.699. The summed E-state index contributed by atoms with van der Waals surface area (Å²) in [6.07, 6.45) is 4.38. The van der Waals surface area contributed by atoms with Gasteiger partial charge in [-0.2, -0.15) is 4.99 Å². The SMILES string of the molecule is CCCCCc1ccc(C(F)=C(F)c2ccc(C#Cc3ccc(N=C=S)cc3)cc2)cc1. The van der Waals surface area contributed by atoms with Crippen LogP contribution in [0.1, 0.15) is 54.0 Å². The summed E-state index contributed by atoms with van der Waals surface area (Å²) in [6, 6.07) is 20.7. The van der Waals surface area contributed by atoms with E-state index >= 15 is 0 Å². The van der Waals surface area contributed by atoms with Gasteiger partial charge < -0.3 is 0 Å². The number of isothiocyanates is 1. The van der Waals surface area contributed by atoms with Gasteiger partial charge in [-0.1, -0.05) is 68.0 Å². The topological polar surface area (TPSA) is 12.4 Å². The second-order valence-corrected chi connectivity index (χ2v) is 7.54. The molecule has 4 heteroatoms. The molecule has 0 heterocycles. The van der Waals surface area contributed by atoms with Crippen LogP contribution in [0.2, 0.25) is 0 Å². The first kappa shape index (κ1) is 23.3. The van der Waals surface area contributed by atoms with Crippen LogP contribution in [-0.4, -0.2) is 5.16 Å². The molecule has 32 heavy (non-hydrogen) atoms. The van der Waals surface area contributed by atoms with E-state index in [1.54, 1.807) is 36.4 Å². The predicted octanol–water partition coefficient (Wildman–Crippen LogP) is 8.32. The molecule has 0 saturated carbocycles. The fraction of sp³-hybridized carbons (Fsp3) is 0.179. The van der Waals surface area contributed by atoms with Gasteiger partial charge >= 0.3 is 0 Å². The number of thiocarbonyl (C=S) groups is 1. The fourth-order valence-electron chi connectivity index (χ4n) is 3.17.